The first-order valence-electron chi connectivity index (χ1n) is 6.30. The lowest BCUT2D eigenvalue weighted by molar-refractivity contribution is 0.209. The van der Waals surface area contributed by atoms with Crippen molar-refractivity contribution >= 4 is 11.9 Å². The maximum absolute atomic E-state index is 5.64. The molecule has 3 N–H and O–H groups in total. The zero-order valence-corrected chi connectivity index (χ0v) is 12.6. The van der Waals surface area contributed by atoms with Gasteiger partial charge in [-0.2, -0.15) is 15.0 Å². The van der Waals surface area contributed by atoms with E-state index in [1.807, 2.05) is 27.9 Å². The molecule has 1 aromatic heterocycles. The van der Waals surface area contributed by atoms with Crippen LogP contribution in [-0.4, -0.2) is 52.1 Å². The highest BCUT2D eigenvalue weighted by Crippen LogP contribution is 2.14. The molecule has 0 atom stereocenters. The molecule has 0 bridgehead atoms. The van der Waals surface area contributed by atoms with Gasteiger partial charge in [0.25, 0.3) is 0 Å². The van der Waals surface area contributed by atoms with E-state index in [1.165, 1.54) is 0 Å². The van der Waals surface area contributed by atoms with Crippen LogP contribution in [0.4, 0.5) is 11.9 Å². The Morgan fingerprint density at radius 2 is 1.89 bits per heavy atom. The molecule has 1 rings (SSSR count). The first-order chi connectivity index (χ1) is 8.70. The minimum atomic E-state index is -0.0273. The SMILES string of the molecule is CC(C)Oc1nc(N)nc(NCC(C)(C)N(C)C)n1. The van der Waals surface area contributed by atoms with Gasteiger partial charge >= 0.3 is 6.01 Å². The van der Waals surface area contributed by atoms with Crippen molar-refractivity contribution in [3.8, 4) is 6.01 Å². The molecule has 0 saturated carbocycles. The molecule has 0 radical (unpaired) electrons. The number of rotatable bonds is 6. The van der Waals surface area contributed by atoms with E-state index in [2.05, 4.69) is 39.0 Å². The summed E-state index contributed by atoms with van der Waals surface area (Å²) in [4.78, 5) is 14.3. The average Bonchev–Trinajstić information content (AvgIpc) is 2.24. The van der Waals surface area contributed by atoms with E-state index in [0.29, 0.717) is 12.5 Å². The van der Waals surface area contributed by atoms with E-state index in [4.69, 9.17) is 10.5 Å². The van der Waals surface area contributed by atoms with E-state index in [-0.39, 0.29) is 23.6 Å². The van der Waals surface area contributed by atoms with Crippen molar-refractivity contribution < 1.29 is 4.74 Å². The largest absolute Gasteiger partial charge is 0.461 e. The van der Waals surface area contributed by atoms with Crippen LogP contribution in [0.5, 0.6) is 6.01 Å². The minimum Gasteiger partial charge on any atom is -0.461 e. The lowest BCUT2D eigenvalue weighted by Gasteiger charge is -2.32. The van der Waals surface area contributed by atoms with Gasteiger partial charge in [-0.05, 0) is 41.8 Å². The number of hydrogen-bond donors (Lipinski definition) is 2. The second-order valence-corrected chi connectivity index (χ2v) is 5.53. The summed E-state index contributed by atoms with van der Waals surface area (Å²) in [6.45, 7) is 8.74. The molecule has 0 saturated heterocycles. The number of aromatic nitrogens is 3. The van der Waals surface area contributed by atoms with Gasteiger partial charge in [-0.1, -0.05) is 0 Å². The maximum Gasteiger partial charge on any atom is 0.323 e. The molecule has 0 unspecified atom stereocenters. The Balaban J connectivity index is 2.76. The zero-order chi connectivity index (χ0) is 14.6. The number of nitrogens with two attached hydrogens (primary N) is 1. The summed E-state index contributed by atoms with van der Waals surface area (Å²) in [5, 5.41) is 3.16. The van der Waals surface area contributed by atoms with Gasteiger partial charge in [0, 0.05) is 12.1 Å². The van der Waals surface area contributed by atoms with Crippen LogP contribution in [0.3, 0.4) is 0 Å². The summed E-state index contributed by atoms with van der Waals surface area (Å²) in [5.74, 6) is 0.578. The third kappa shape index (κ3) is 4.86. The molecule has 19 heavy (non-hydrogen) atoms. The topological polar surface area (TPSA) is 89.2 Å². The van der Waals surface area contributed by atoms with Crippen LogP contribution >= 0.6 is 0 Å². The highest BCUT2D eigenvalue weighted by molar-refractivity contribution is 5.33. The van der Waals surface area contributed by atoms with E-state index >= 15 is 0 Å². The van der Waals surface area contributed by atoms with Crippen molar-refractivity contribution in [2.24, 2.45) is 0 Å². The van der Waals surface area contributed by atoms with Crippen LogP contribution in [0.2, 0.25) is 0 Å². The number of likely N-dealkylation sites (N-methyl/N-ethyl adjacent to an activating group) is 1. The monoisotopic (exact) mass is 268 g/mol. The Kier molecular flexibility index (Phi) is 4.88. The van der Waals surface area contributed by atoms with Crippen LogP contribution in [0.1, 0.15) is 27.7 Å². The standard InChI is InChI=1S/C12H24N6O/c1-8(2)19-11-16-9(13)15-10(17-11)14-7-12(3,4)18(5)6/h8H,7H2,1-6H3,(H3,13,14,15,16,17). The third-order valence-corrected chi connectivity index (χ3v) is 2.86. The Morgan fingerprint density at radius 1 is 1.26 bits per heavy atom. The summed E-state index contributed by atoms with van der Waals surface area (Å²) in [7, 11) is 4.05. The van der Waals surface area contributed by atoms with Crippen molar-refractivity contribution in [3.63, 3.8) is 0 Å². The lowest BCUT2D eigenvalue weighted by Crippen LogP contribution is -2.44. The molecular weight excluding hydrogens is 244 g/mol. The normalized spacial score (nSPS) is 12.0. The van der Waals surface area contributed by atoms with Gasteiger partial charge in [0.15, 0.2) is 0 Å². The van der Waals surface area contributed by atoms with Gasteiger partial charge < -0.3 is 20.7 Å². The van der Waals surface area contributed by atoms with Crippen molar-refractivity contribution in [1.82, 2.24) is 19.9 Å². The van der Waals surface area contributed by atoms with Gasteiger partial charge in [-0.15, -0.1) is 0 Å². The molecule has 0 spiro atoms. The van der Waals surface area contributed by atoms with Gasteiger partial charge in [0.05, 0.1) is 6.10 Å². The fraction of sp³-hybridized carbons (Fsp3) is 0.750. The smallest absolute Gasteiger partial charge is 0.323 e. The van der Waals surface area contributed by atoms with Crippen LogP contribution in [0.25, 0.3) is 0 Å². The summed E-state index contributed by atoms with van der Waals surface area (Å²) >= 11 is 0. The highest BCUT2D eigenvalue weighted by Gasteiger charge is 2.20. The van der Waals surface area contributed by atoms with E-state index < -0.39 is 0 Å². The first kappa shape index (κ1) is 15.4. The van der Waals surface area contributed by atoms with Gasteiger partial charge in [-0.25, -0.2) is 0 Å². The molecule has 0 aliphatic heterocycles. The highest BCUT2D eigenvalue weighted by atomic mass is 16.5. The Morgan fingerprint density at radius 3 is 2.42 bits per heavy atom. The third-order valence-electron chi connectivity index (χ3n) is 2.86. The van der Waals surface area contributed by atoms with Crippen LogP contribution in [0.15, 0.2) is 0 Å². The lowest BCUT2D eigenvalue weighted by atomic mass is 10.1. The summed E-state index contributed by atoms with van der Waals surface area (Å²) in [6, 6.07) is 0.243. The van der Waals surface area contributed by atoms with Gasteiger partial charge in [0.1, 0.15) is 0 Å². The fourth-order valence-electron chi connectivity index (χ4n) is 1.17. The number of ether oxygens (including phenoxy) is 1. The molecule has 0 aliphatic carbocycles. The molecule has 0 fully saturated rings. The summed E-state index contributed by atoms with van der Waals surface area (Å²) in [6.07, 6.45) is -0.00661. The minimum absolute atomic E-state index is 0.00661. The van der Waals surface area contributed by atoms with Crippen molar-refractivity contribution in [3.05, 3.63) is 0 Å². The van der Waals surface area contributed by atoms with Crippen molar-refractivity contribution in [1.29, 1.82) is 0 Å². The average molecular weight is 268 g/mol. The molecule has 1 aromatic rings. The predicted molar refractivity (Wildman–Crippen MR) is 76.3 cm³/mol. The van der Waals surface area contributed by atoms with Crippen molar-refractivity contribution in [2.75, 3.05) is 31.7 Å². The number of anilines is 2. The number of nitrogens with one attached hydrogen (secondary N) is 1. The molecular formula is C12H24N6O. The first-order valence-corrected chi connectivity index (χ1v) is 6.30. The van der Waals surface area contributed by atoms with Gasteiger partial charge in [-0.3, -0.25) is 0 Å². The number of nitrogens with zero attached hydrogens (tertiary/aromatic N) is 4. The Hall–Kier alpha value is -1.63. The van der Waals surface area contributed by atoms with Gasteiger partial charge in [0.2, 0.25) is 11.9 Å². The van der Waals surface area contributed by atoms with Crippen LogP contribution in [-0.2, 0) is 0 Å². The molecule has 0 aliphatic rings. The van der Waals surface area contributed by atoms with Crippen LogP contribution in [0, 0.1) is 0 Å². The molecule has 7 heteroatoms. The maximum atomic E-state index is 5.64. The Bertz CT molecular complexity index is 419. The molecule has 7 nitrogen and oxygen atoms in total. The Labute approximate surface area is 114 Å². The fourth-order valence-corrected chi connectivity index (χ4v) is 1.17. The second kappa shape index (κ2) is 6.01. The summed E-state index contributed by atoms with van der Waals surface area (Å²) in [5.41, 5.74) is 5.61. The summed E-state index contributed by atoms with van der Waals surface area (Å²) < 4.78 is 5.42. The van der Waals surface area contributed by atoms with E-state index in [1.54, 1.807) is 0 Å². The molecule has 108 valence electrons. The van der Waals surface area contributed by atoms with Crippen molar-refractivity contribution in [2.45, 2.75) is 39.3 Å². The van der Waals surface area contributed by atoms with E-state index in [0.717, 1.165) is 0 Å². The molecule has 0 aromatic carbocycles. The quantitative estimate of drug-likeness (QED) is 0.795. The molecule has 1 heterocycles. The molecule has 0 amide bonds. The predicted octanol–water partition coefficient (Wildman–Crippen LogP) is 0.993. The van der Waals surface area contributed by atoms with Crippen LogP contribution < -0.4 is 15.8 Å². The number of nitrogen functional groups attached to an aromatic ring is 1. The number of hydrogen-bond acceptors (Lipinski definition) is 7. The van der Waals surface area contributed by atoms with E-state index in [9.17, 15) is 0 Å². The zero-order valence-electron chi connectivity index (χ0n) is 12.6. The second-order valence-electron chi connectivity index (χ2n) is 5.53.